The zero-order chi connectivity index (χ0) is 16.1. The van der Waals surface area contributed by atoms with Crippen LogP contribution < -0.4 is 11.2 Å². The fourth-order valence-electron chi connectivity index (χ4n) is 2.04. The lowest BCUT2D eigenvalue weighted by Crippen LogP contribution is -2.35. The molecule has 114 valence electrons. The van der Waals surface area contributed by atoms with Crippen LogP contribution in [0.2, 0.25) is 0 Å². The highest BCUT2D eigenvalue weighted by Gasteiger charge is 2.33. The van der Waals surface area contributed by atoms with Gasteiger partial charge < -0.3 is 9.40 Å². The van der Waals surface area contributed by atoms with Gasteiger partial charge in [0.15, 0.2) is 0 Å². The standard InChI is InChI=1S/C13H6BrF3N2O3/c14-6-1-2-9-7(3-6)8(5-22-9)19-11(20)4-10(13(15,16)17)18-12(19)21/h1-5H,(H,18,21). The molecule has 0 aliphatic rings. The lowest BCUT2D eigenvalue weighted by Gasteiger charge is -2.07. The Kier molecular flexibility index (Phi) is 3.24. The van der Waals surface area contributed by atoms with Gasteiger partial charge in [-0.2, -0.15) is 13.2 Å². The van der Waals surface area contributed by atoms with E-state index in [1.165, 1.54) is 0 Å². The molecule has 1 N–H and O–H groups in total. The zero-order valence-corrected chi connectivity index (χ0v) is 12.2. The topological polar surface area (TPSA) is 68.0 Å². The maximum absolute atomic E-state index is 12.6. The van der Waals surface area contributed by atoms with Crippen molar-refractivity contribution in [2.24, 2.45) is 0 Å². The van der Waals surface area contributed by atoms with Crippen LogP contribution in [0.4, 0.5) is 13.2 Å². The van der Waals surface area contributed by atoms with Crippen molar-refractivity contribution in [3.8, 4) is 5.69 Å². The molecule has 0 bridgehead atoms. The molecule has 2 heterocycles. The molecule has 0 unspecified atom stereocenters. The summed E-state index contributed by atoms with van der Waals surface area (Å²) in [4.78, 5) is 25.5. The number of hydrogen-bond acceptors (Lipinski definition) is 3. The molecule has 22 heavy (non-hydrogen) atoms. The second-order valence-corrected chi connectivity index (χ2v) is 5.34. The van der Waals surface area contributed by atoms with Crippen molar-refractivity contribution in [2.45, 2.75) is 6.18 Å². The molecule has 0 radical (unpaired) electrons. The molecule has 1 aromatic carbocycles. The van der Waals surface area contributed by atoms with Gasteiger partial charge in [0, 0.05) is 15.9 Å². The molecule has 0 saturated carbocycles. The Hall–Kier alpha value is -2.29. The van der Waals surface area contributed by atoms with Crippen LogP contribution in [0.3, 0.4) is 0 Å². The first-order valence-corrected chi connectivity index (χ1v) is 6.67. The largest absolute Gasteiger partial charge is 0.462 e. The summed E-state index contributed by atoms with van der Waals surface area (Å²) in [6.45, 7) is 0. The van der Waals surface area contributed by atoms with Crippen LogP contribution >= 0.6 is 15.9 Å². The number of aromatic amines is 1. The summed E-state index contributed by atoms with van der Waals surface area (Å²) in [5.74, 6) is 0. The Morgan fingerprint density at radius 2 is 1.91 bits per heavy atom. The molecule has 3 rings (SSSR count). The quantitative estimate of drug-likeness (QED) is 0.711. The fourth-order valence-corrected chi connectivity index (χ4v) is 2.40. The number of H-pyrrole nitrogens is 1. The first kappa shape index (κ1) is 14.6. The van der Waals surface area contributed by atoms with Crippen molar-refractivity contribution in [1.82, 2.24) is 9.55 Å². The number of rotatable bonds is 1. The van der Waals surface area contributed by atoms with Gasteiger partial charge in [0.05, 0.1) is 5.69 Å². The first-order chi connectivity index (χ1) is 10.3. The van der Waals surface area contributed by atoms with Crippen molar-refractivity contribution < 1.29 is 17.6 Å². The predicted octanol–water partition coefficient (Wildman–Crippen LogP) is 3.05. The van der Waals surface area contributed by atoms with Crippen LogP contribution in [0.1, 0.15) is 5.69 Å². The van der Waals surface area contributed by atoms with Gasteiger partial charge in [-0.3, -0.25) is 4.79 Å². The van der Waals surface area contributed by atoms with Crippen molar-refractivity contribution in [3.63, 3.8) is 0 Å². The van der Waals surface area contributed by atoms with Crippen LogP contribution in [-0.2, 0) is 6.18 Å². The van der Waals surface area contributed by atoms with Crippen molar-refractivity contribution in [2.75, 3.05) is 0 Å². The summed E-state index contributed by atoms with van der Waals surface area (Å²) in [6.07, 6.45) is -3.67. The van der Waals surface area contributed by atoms with E-state index in [-0.39, 0.29) is 5.69 Å². The van der Waals surface area contributed by atoms with E-state index in [0.29, 0.717) is 26.1 Å². The number of alkyl halides is 3. The van der Waals surface area contributed by atoms with Gasteiger partial charge in [-0.25, -0.2) is 9.36 Å². The minimum atomic E-state index is -4.81. The van der Waals surface area contributed by atoms with E-state index >= 15 is 0 Å². The number of halogens is 4. The van der Waals surface area contributed by atoms with Gasteiger partial charge in [0.25, 0.3) is 5.56 Å². The van der Waals surface area contributed by atoms with Gasteiger partial charge >= 0.3 is 11.9 Å². The monoisotopic (exact) mass is 374 g/mol. The molecular weight excluding hydrogens is 369 g/mol. The summed E-state index contributed by atoms with van der Waals surface area (Å²) in [5, 5.41) is 0.418. The van der Waals surface area contributed by atoms with E-state index < -0.39 is 23.1 Å². The highest BCUT2D eigenvalue weighted by molar-refractivity contribution is 9.10. The maximum atomic E-state index is 12.6. The molecule has 3 aromatic rings. The Labute approximate surface area is 128 Å². The number of nitrogens with one attached hydrogen (secondary N) is 1. The maximum Gasteiger partial charge on any atom is 0.431 e. The highest BCUT2D eigenvalue weighted by atomic mass is 79.9. The Bertz CT molecular complexity index is 953. The van der Waals surface area contributed by atoms with Gasteiger partial charge in [-0.05, 0) is 18.2 Å². The second-order valence-electron chi connectivity index (χ2n) is 4.42. The van der Waals surface area contributed by atoms with E-state index in [1.54, 1.807) is 23.2 Å². The number of benzene rings is 1. The van der Waals surface area contributed by atoms with Gasteiger partial charge in [0.2, 0.25) is 0 Å². The SMILES string of the molecule is O=c1cc(C(F)(F)F)[nH]c(=O)n1-c1coc2ccc(Br)cc12. The molecular formula is C13H6BrF3N2O3. The lowest BCUT2D eigenvalue weighted by atomic mass is 10.2. The molecule has 0 atom stereocenters. The Morgan fingerprint density at radius 1 is 1.18 bits per heavy atom. The first-order valence-electron chi connectivity index (χ1n) is 5.88. The number of furan rings is 1. The molecule has 5 nitrogen and oxygen atoms in total. The number of nitrogens with zero attached hydrogens (tertiary/aromatic N) is 1. The third-order valence-corrected chi connectivity index (χ3v) is 3.49. The van der Waals surface area contributed by atoms with Gasteiger partial charge in [-0.1, -0.05) is 15.9 Å². The van der Waals surface area contributed by atoms with Crippen molar-refractivity contribution in [1.29, 1.82) is 0 Å². The smallest absolute Gasteiger partial charge is 0.431 e. The van der Waals surface area contributed by atoms with Gasteiger partial charge in [-0.15, -0.1) is 0 Å². The summed E-state index contributed by atoms with van der Waals surface area (Å²) in [7, 11) is 0. The van der Waals surface area contributed by atoms with Crippen LogP contribution in [0, 0.1) is 0 Å². The van der Waals surface area contributed by atoms with E-state index in [1.807, 2.05) is 0 Å². The zero-order valence-electron chi connectivity index (χ0n) is 10.6. The van der Waals surface area contributed by atoms with Crippen molar-refractivity contribution in [3.05, 3.63) is 61.5 Å². The minimum Gasteiger partial charge on any atom is -0.462 e. The van der Waals surface area contributed by atoms with Crippen LogP contribution in [0.5, 0.6) is 0 Å². The predicted molar refractivity (Wildman–Crippen MR) is 75.1 cm³/mol. The van der Waals surface area contributed by atoms with E-state index in [2.05, 4.69) is 15.9 Å². The number of hydrogen-bond donors (Lipinski definition) is 1. The average Bonchev–Trinajstić information content (AvgIpc) is 2.80. The molecule has 0 aliphatic carbocycles. The summed E-state index contributed by atoms with van der Waals surface area (Å²) in [6, 6.07) is 5.22. The van der Waals surface area contributed by atoms with Gasteiger partial charge in [0.1, 0.15) is 17.5 Å². The van der Waals surface area contributed by atoms with Crippen molar-refractivity contribution >= 4 is 26.9 Å². The Balaban J connectivity index is 2.30. The van der Waals surface area contributed by atoms with E-state index in [4.69, 9.17) is 4.42 Å². The minimum absolute atomic E-state index is 0.0660. The van der Waals surface area contributed by atoms with Crippen LogP contribution in [0.25, 0.3) is 16.7 Å². The molecule has 0 amide bonds. The Morgan fingerprint density at radius 3 is 2.55 bits per heavy atom. The molecule has 0 spiro atoms. The normalized spacial score (nSPS) is 12.0. The number of aromatic nitrogens is 2. The second kappa shape index (κ2) is 4.87. The van der Waals surface area contributed by atoms with Crippen LogP contribution in [0.15, 0.2) is 49.0 Å². The molecule has 0 saturated heterocycles. The van der Waals surface area contributed by atoms with Crippen LogP contribution in [-0.4, -0.2) is 9.55 Å². The molecule has 2 aromatic heterocycles. The summed E-state index contributed by atoms with van der Waals surface area (Å²) >= 11 is 3.23. The summed E-state index contributed by atoms with van der Waals surface area (Å²) in [5.41, 5.74) is -3.23. The third-order valence-electron chi connectivity index (χ3n) is 2.99. The fraction of sp³-hybridized carbons (Fsp3) is 0.0769. The summed E-state index contributed by atoms with van der Waals surface area (Å²) < 4.78 is 44.2. The molecule has 0 aliphatic heterocycles. The highest BCUT2D eigenvalue weighted by Crippen LogP contribution is 2.27. The number of fused-ring (bicyclic) bond motifs is 1. The third kappa shape index (κ3) is 2.37. The average molecular weight is 375 g/mol. The molecule has 0 fully saturated rings. The van der Waals surface area contributed by atoms with E-state index in [9.17, 15) is 22.8 Å². The molecule has 9 heteroatoms. The van der Waals surface area contributed by atoms with E-state index in [0.717, 1.165) is 6.26 Å². The lowest BCUT2D eigenvalue weighted by molar-refractivity contribution is -0.141.